The third-order valence-corrected chi connectivity index (χ3v) is 3.63. The Labute approximate surface area is 71.9 Å². The maximum Gasteiger partial charge on any atom is 0.0501 e. The summed E-state index contributed by atoms with van der Waals surface area (Å²) in [4.78, 5) is 1.51. The average Bonchev–Trinajstić information content (AvgIpc) is 2.03. The number of fused-ring (bicyclic) bond motifs is 1. The molecule has 0 aromatic carbocycles. The van der Waals surface area contributed by atoms with Gasteiger partial charge < -0.3 is 5.32 Å². The molecule has 0 saturated carbocycles. The second-order valence-electron chi connectivity index (χ2n) is 3.27. The average molecular weight is 167 g/mol. The highest BCUT2D eigenvalue weighted by atomic mass is 32.2. The van der Waals surface area contributed by atoms with Crippen molar-refractivity contribution in [2.75, 3.05) is 12.3 Å². The summed E-state index contributed by atoms with van der Waals surface area (Å²) in [5.74, 6) is 1.22. The van der Waals surface area contributed by atoms with Crippen LogP contribution in [0.15, 0.2) is 23.1 Å². The van der Waals surface area contributed by atoms with E-state index in [1.54, 1.807) is 0 Å². The highest BCUT2D eigenvalue weighted by Gasteiger charge is 2.31. The van der Waals surface area contributed by atoms with Gasteiger partial charge in [0, 0.05) is 17.2 Å². The highest BCUT2D eigenvalue weighted by molar-refractivity contribution is 8.03. The highest BCUT2D eigenvalue weighted by Crippen LogP contribution is 2.36. The van der Waals surface area contributed by atoms with Crippen LogP contribution >= 0.6 is 11.8 Å². The summed E-state index contributed by atoms with van der Waals surface area (Å²) in [5, 5.41) is 3.56. The van der Waals surface area contributed by atoms with E-state index in [1.165, 1.54) is 10.7 Å². The first-order valence-electron chi connectivity index (χ1n) is 4.06. The van der Waals surface area contributed by atoms with Crippen molar-refractivity contribution in [2.24, 2.45) is 0 Å². The lowest BCUT2D eigenvalue weighted by Gasteiger charge is -2.37. The molecule has 0 bridgehead atoms. The summed E-state index contributed by atoms with van der Waals surface area (Å²) in [6, 6.07) is 0. The van der Waals surface area contributed by atoms with Gasteiger partial charge in [-0.2, -0.15) is 0 Å². The Morgan fingerprint density at radius 2 is 2.55 bits per heavy atom. The fourth-order valence-electron chi connectivity index (χ4n) is 1.60. The van der Waals surface area contributed by atoms with Gasteiger partial charge in [-0.25, -0.2) is 0 Å². The van der Waals surface area contributed by atoms with Crippen LogP contribution in [0.3, 0.4) is 0 Å². The van der Waals surface area contributed by atoms with Gasteiger partial charge in [-0.3, -0.25) is 0 Å². The van der Waals surface area contributed by atoms with E-state index < -0.39 is 0 Å². The summed E-state index contributed by atoms with van der Waals surface area (Å²) in [5.41, 5.74) is 0.262. The minimum Gasteiger partial charge on any atom is -0.306 e. The zero-order valence-corrected chi connectivity index (χ0v) is 7.58. The maximum absolute atomic E-state index is 3.56. The molecule has 0 radical (unpaired) electrons. The minimum atomic E-state index is 0.262. The minimum absolute atomic E-state index is 0.262. The number of rotatable bonds is 0. The lowest BCUT2D eigenvalue weighted by atomic mass is 9.93. The van der Waals surface area contributed by atoms with Crippen LogP contribution < -0.4 is 5.32 Å². The molecule has 1 atom stereocenters. The fourth-order valence-corrected chi connectivity index (χ4v) is 2.67. The zero-order chi connectivity index (χ0) is 7.73. The van der Waals surface area contributed by atoms with Crippen molar-refractivity contribution in [3.05, 3.63) is 23.1 Å². The molecule has 0 amide bonds. The van der Waals surface area contributed by atoms with Crippen molar-refractivity contribution in [1.82, 2.24) is 5.32 Å². The van der Waals surface area contributed by atoms with Crippen molar-refractivity contribution < 1.29 is 0 Å². The van der Waals surface area contributed by atoms with Crippen LogP contribution in [0.1, 0.15) is 13.3 Å². The Balaban J connectivity index is 2.26. The second kappa shape index (κ2) is 2.68. The lowest BCUT2D eigenvalue weighted by Crippen LogP contribution is -2.47. The molecule has 11 heavy (non-hydrogen) atoms. The van der Waals surface area contributed by atoms with E-state index in [4.69, 9.17) is 0 Å². The molecule has 0 aromatic heterocycles. The van der Waals surface area contributed by atoms with Gasteiger partial charge >= 0.3 is 0 Å². The molecule has 2 heteroatoms. The van der Waals surface area contributed by atoms with E-state index in [0.29, 0.717) is 0 Å². The normalized spacial score (nSPS) is 36.3. The summed E-state index contributed by atoms with van der Waals surface area (Å²) >= 11 is 1.99. The lowest BCUT2D eigenvalue weighted by molar-refractivity contribution is 0.438. The molecule has 60 valence electrons. The van der Waals surface area contributed by atoms with Crippen LogP contribution in [0.4, 0.5) is 0 Å². The summed E-state index contributed by atoms with van der Waals surface area (Å²) in [6.45, 7) is 3.43. The van der Waals surface area contributed by atoms with E-state index in [0.717, 1.165) is 13.0 Å². The van der Waals surface area contributed by atoms with Crippen molar-refractivity contribution in [2.45, 2.75) is 18.9 Å². The van der Waals surface area contributed by atoms with Crippen molar-refractivity contribution in [1.29, 1.82) is 0 Å². The molecular formula is C9H13NS. The Kier molecular flexibility index (Phi) is 1.81. The van der Waals surface area contributed by atoms with Crippen LogP contribution in [0, 0.1) is 0 Å². The number of hydrogen-bond acceptors (Lipinski definition) is 2. The number of allylic oxidation sites excluding steroid dienone is 2. The van der Waals surface area contributed by atoms with Crippen molar-refractivity contribution in [3.63, 3.8) is 0 Å². The van der Waals surface area contributed by atoms with Gasteiger partial charge in [0.2, 0.25) is 0 Å². The first kappa shape index (κ1) is 7.44. The van der Waals surface area contributed by atoms with Crippen LogP contribution in [0.25, 0.3) is 0 Å². The summed E-state index contributed by atoms with van der Waals surface area (Å²) in [6.07, 6.45) is 7.78. The SMILES string of the molecule is CC12CC=CC=C1SCCN2. The van der Waals surface area contributed by atoms with Gasteiger partial charge in [-0.1, -0.05) is 18.2 Å². The smallest absolute Gasteiger partial charge is 0.0501 e. The second-order valence-corrected chi connectivity index (χ2v) is 4.41. The molecule has 1 unspecified atom stereocenters. The molecule has 0 aromatic rings. The Morgan fingerprint density at radius 3 is 3.36 bits per heavy atom. The summed E-state index contributed by atoms with van der Waals surface area (Å²) < 4.78 is 0. The molecule has 1 N–H and O–H groups in total. The number of nitrogens with one attached hydrogen (secondary N) is 1. The van der Waals surface area contributed by atoms with Gasteiger partial charge in [-0.05, 0) is 13.3 Å². The molecule has 1 saturated heterocycles. The van der Waals surface area contributed by atoms with E-state index in [9.17, 15) is 0 Å². The Morgan fingerprint density at radius 1 is 1.64 bits per heavy atom. The van der Waals surface area contributed by atoms with E-state index >= 15 is 0 Å². The summed E-state index contributed by atoms with van der Waals surface area (Å²) in [7, 11) is 0. The van der Waals surface area contributed by atoms with Crippen LogP contribution in [0.2, 0.25) is 0 Å². The third-order valence-electron chi connectivity index (χ3n) is 2.33. The maximum atomic E-state index is 3.56. The van der Waals surface area contributed by atoms with Crippen LogP contribution in [-0.2, 0) is 0 Å². The zero-order valence-electron chi connectivity index (χ0n) is 6.76. The fraction of sp³-hybridized carbons (Fsp3) is 0.556. The van der Waals surface area contributed by atoms with Crippen LogP contribution in [0.5, 0.6) is 0 Å². The van der Waals surface area contributed by atoms with Crippen molar-refractivity contribution >= 4 is 11.8 Å². The molecule has 2 aliphatic rings. The molecule has 1 heterocycles. The van der Waals surface area contributed by atoms with Crippen LogP contribution in [-0.4, -0.2) is 17.8 Å². The quantitative estimate of drug-likeness (QED) is 0.591. The first-order chi connectivity index (χ1) is 5.31. The predicted molar refractivity (Wildman–Crippen MR) is 50.7 cm³/mol. The monoisotopic (exact) mass is 167 g/mol. The van der Waals surface area contributed by atoms with Crippen molar-refractivity contribution in [3.8, 4) is 0 Å². The standard InChI is InChI=1S/C9H13NS/c1-9-5-3-2-4-8(9)11-7-6-10-9/h2-4,10H,5-7H2,1H3. The van der Waals surface area contributed by atoms with E-state index in [2.05, 4.69) is 30.5 Å². The molecule has 1 aliphatic heterocycles. The predicted octanol–water partition coefficient (Wildman–Crippen LogP) is 1.93. The Hall–Kier alpha value is -0.210. The Bertz CT molecular complexity index is 220. The molecule has 2 rings (SSSR count). The van der Waals surface area contributed by atoms with Gasteiger partial charge in [0.25, 0.3) is 0 Å². The van der Waals surface area contributed by atoms with E-state index in [1.807, 2.05) is 11.8 Å². The van der Waals surface area contributed by atoms with E-state index in [-0.39, 0.29) is 5.54 Å². The number of thioether (sulfide) groups is 1. The molecule has 1 nitrogen and oxygen atoms in total. The molecule has 1 fully saturated rings. The molecule has 0 spiro atoms. The largest absolute Gasteiger partial charge is 0.306 e. The van der Waals surface area contributed by atoms with Gasteiger partial charge in [0.05, 0.1) is 5.54 Å². The van der Waals surface area contributed by atoms with Gasteiger partial charge in [-0.15, -0.1) is 11.8 Å². The third kappa shape index (κ3) is 1.25. The topological polar surface area (TPSA) is 12.0 Å². The number of hydrogen-bond donors (Lipinski definition) is 1. The van der Waals surface area contributed by atoms with Gasteiger partial charge in [0.15, 0.2) is 0 Å². The first-order valence-corrected chi connectivity index (χ1v) is 5.05. The van der Waals surface area contributed by atoms with Gasteiger partial charge in [0.1, 0.15) is 0 Å². The molecule has 1 aliphatic carbocycles. The molecular weight excluding hydrogens is 154 g/mol.